The summed E-state index contributed by atoms with van der Waals surface area (Å²) in [6.45, 7) is 7.12. The highest BCUT2D eigenvalue weighted by molar-refractivity contribution is 6.08. The average molecular weight is 348 g/mol. The van der Waals surface area contributed by atoms with Crippen molar-refractivity contribution in [1.29, 1.82) is 0 Å². The Kier molecular flexibility index (Phi) is 4.02. The molecule has 1 amide bonds. The van der Waals surface area contributed by atoms with E-state index in [0.717, 1.165) is 52.7 Å². The van der Waals surface area contributed by atoms with Crippen LogP contribution in [0.2, 0.25) is 0 Å². The number of fused-ring (bicyclic) bond motifs is 1. The van der Waals surface area contributed by atoms with Crippen molar-refractivity contribution in [3.63, 3.8) is 0 Å². The maximum Gasteiger partial charge on any atom is 0.254 e. The molecule has 1 aliphatic heterocycles. The van der Waals surface area contributed by atoms with Gasteiger partial charge in [-0.3, -0.25) is 9.48 Å². The van der Waals surface area contributed by atoms with Gasteiger partial charge < -0.3 is 4.90 Å². The monoisotopic (exact) mass is 348 g/mol. The number of nitrogens with zero attached hydrogens (tertiary/aromatic N) is 4. The van der Waals surface area contributed by atoms with Crippen LogP contribution in [-0.2, 0) is 7.05 Å². The predicted octanol–water partition coefficient (Wildman–Crippen LogP) is 3.88. The number of amides is 1. The first-order valence-corrected chi connectivity index (χ1v) is 9.16. The largest absolute Gasteiger partial charge is 0.336 e. The predicted molar refractivity (Wildman–Crippen MR) is 103 cm³/mol. The summed E-state index contributed by atoms with van der Waals surface area (Å²) in [4.78, 5) is 20.2. The highest BCUT2D eigenvalue weighted by Gasteiger charge is 2.28. The highest BCUT2D eigenvalue weighted by atomic mass is 16.2. The molecule has 0 radical (unpaired) electrons. The van der Waals surface area contributed by atoms with Gasteiger partial charge in [-0.1, -0.05) is 12.1 Å². The molecular formula is C21H24N4O. The van der Waals surface area contributed by atoms with Crippen LogP contribution in [-0.4, -0.2) is 38.2 Å². The third-order valence-corrected chi connectivity index (χ3v) is 5.55. The number of benzene rings is 1. The first-order chi connectivity index (χ1) is 12.5. The summed E-state index contributed by atoms with van der Waals surface area (Å²) in [5, 5.41) is 5.19. The van der Waals surface area contributed by atoms with E-state index in [2.05, 4.69) is 31.9 Å². The molecule has 2 aromatic heterocycles. The van der Waals surface area contributed by atoms with Gasteiger partial charge in [0.1, 0.15) is 0 Å². The lowest BCUT2D eigenvalue weighted by molar-refractivity contribution is 0.0749. The molecule has 4 rings (SSSR count). The van der Waals surface area contributed by atoms with Crippen molar-refractivity contribution in [3.8, 4) is 11.3 Å². The normalized spacial score (nSPS) is 17.2. The van der Waals surface area contributed by atoms with Gasteiger partial charge in [0.05, 0.1) is 23.0 Å². The van der Waals surface area contributed by atoms with Crippen molar-refractivity contribution < 1.29 is 4.79 Å². The van der Waals surface area contributed by atoms with Crippen molar-refractivity contribution in [2.45, 2.75) is 39.7 Å². The maximum atomic E-state index is 13.3. The Hall–Kier alpha value is -2.69. The Balaban J connectivity index is 1.95. The van der Waals surface area contributed by atoms with Crippen LogP contribution in [0.15, 0.2) is 30.6 Å². The van der Waals surface area contributed by atoms with E-state index in [9.17, 15) is 4.79 Å². The first-order valence-electron chi connectivity index (χ1n) is 9.16. The van der Waals surface area contributed by atoms with Gasteiger partial charge in [-0.2, -0.15) is 5.10 Å². The molecule has 0 N–H and O–H groups in total. The lowest BCUT2D eigenvalue weighted by atomic mass is 9.99. The van der Waals surface area contributed by atoms with Crippen LogP contribution in [0, 0.1) is 13.8 Å². The molecule has 134 valence electrons. The SMILES string of the molecule is Cc1ccc2c(C(=O)N3CCCC3C)cc(-c3cnn(C)c3)nc2c1C. The van der Waals surface area contributed by atoms with Crippen molar-refractivity contribution in [3.05, 3.63) is 47.3 Å². The number of hydrogen-bond donors (Lipinski definition) is 0. The van der Waals surface area contributed by atoms with Gasteiger partial charge in [0.2, 0.25) is 0 Å². The number of carbonyl (C=O) groups is 1. The molecule has 1 fully saturated rings. The summed E-state index contributed by atoms with van der Waals surface area (Å²) in [5.74, 6) is 0.107. The Morgan fingerprint density at radius 3 is 2.73 bits per heavy atom. The summed E-state index contributed by atoms with van der Waals surface area (Å²) in [7, 11) is 1.89. The highest BCUT2D eigenvalue weighted by Crippen LogP contribution is 2.30. The standard InChI is InChI=1S/C21H24N4O/c1-13-7-8-17-18(21(26)25-9-5-6-14(25)2)10-19(23-20(17)15(13)3)16-11-22-24(4)12-16/h7-8,10-12,14H,5-6,9H2,1-4H3. The van der Waals surface area contributed by atoms with E-state index in [1.165, 1.54) is 5.56 Å². The molecule has 1 aliphatic rings. The van der Waals surface area contributed by atoms with E-state index in [1.54, 1.807) is 10.9 Å². The molecule has 5 nitrogen and oxygen atoms in total. The second-order valence-corrected chi connectivity index (χ2v) is 7.35. The number of aryl methyl sites for hydroxylation is 3. The number of rotatable bonds is 2. The topological polar surface area (TPSA) is 51.0 Å². The molecule has 1 saturated heterocycles. The van der Waals surface area contributed by atoms with Crippen molar-refractivity contribution >= 4 is 16.8 Å². The molecular weight excluding hydrogens is 324 g/mol. The average Bonchev–Trinajstić information content (AvgIpc) is 3.25. The third-order valence-electron chi connectivity index (χ3n) is 5.55. The molecule has 0 spiro atoms. The van der Waals surface area contributed by atoms with Crippen LogP contribution < -0.4 is 0 Å². The van der Waals surface area contributed by atoms with E-state index >= 15 is 0 Å². The summed E-state index contributed by atoms with van der Waals surface area (Å²) >= 11 is 0. The molecule has 26 heavy (non-hydrogen) atoms. The summed E-state index contributed by atoms with van der Waals surface area (Å²) in [6, 6.07) is 6.33. The van der Waals surface area contributed by atoms with Crippen LogP contribution in [0.1, 0.15) is 41.3 Å². The zero-order chi connectivity index (χ0) is 18.4. The van der Waals surface area contributed by atoms with Crippen LogP contribution in [0.5, 0.6) is 0 Å². The fraction of sp³-hybridized carbons (Fsp3) is 0.381. The molecule has 0 bridgehead atoms. The van der Waals surface area contributed by atoms with Crippen molar-refractivity contribution in [2.75, 3.05) is 6.54 Å². The van der Waals surface area contributed by atoms with Gasteiger partial charge in [-0.05, 0) is 50.8 Å². The molecule has 0 saturated carbocycles. The molecule has 1 aromatic carbocycles. The van der Waals surface area contributed by atoms with Gasteiger partial charge in [0.25, 0.3) is 5.91 Å². The summed E-state index contributed by atoms with van der Waals surface area (Å²) in [6.07, 6.45) is 5.88. The van der Waals surface area contributed by atoms with Gasteiger partial charge in [0, 0.05) is 36.8 Å². The number of aromatic nitrogens is 3. The van der Waals surface area contributed by atoms with Crippen LogP contribution >= 0.6 is 0 Å². The zero-order valence-electron chi connectivity index (χ0n) is 15.8. The molecule has 3 heterocycles. The molecule has 1 unspecified atom stereocenters. The Bertz CT molecular complexity index is 1000. The second kappa shape index (κ2) is 6.24. The summed E-state index contributed by atoms with van der Waals surface area (Å²) < 4.78 is 1.76. The third kappa shape index (κ3) is 2.68. The van der Waals surface area contributed by atoms with Crippen LogP contribution in [0.25, 0.3) is 22.2 Å². The zero-order valence-corrected chi connectivity index (χ0v) is 15.8. The van der Waals surface area contributed by atoms with Gasteiger partial charge in [0.15, 0.2) is 0 Å². The minimum Gasteiger partial charge on any atom is -0.336 e. The Labute approximate surface area is 153 Å². The van der Waals surface area contributed by atoms with Crippen LogP contribution in [0.4, 0.5) is 0 Å². The smallest absolute Gasteiger partial charge is 0.254 e. The minimum absolute atomic E-state index is 0.107. The quantitative estimate of drug-likeness (QED) is 0.706. The van der Waals surface area contributed by atoms with E-state index in [4.69, 9.17) is 4.98 Å². The maximum absolute atomic E-state index is 13.3. The fourth-order valence-corrected chi connectivity index (χ4v) is 3.80. The molecule has 3 aromatic rings. The van der Waals surface area contributed by atoms with Gasteiger partial charge in [-0.15, -0.1) is 0 Å². The second-order valence-electron chi connectivity index (χ2n) is 7.35. The molecule has 1 atom stereocenters. The minimum atomic E-state index is 0.107. The van der Waals surface area contributed by atoms with Gasteiger partial charge >= 0.3 is 0 Å². The lowest BCUT2D eigenvalue weighted by Crippen LogP contribution is -2.33. The number of pyridine rings is 1. The van der Waals surface area contributed by atoms with E-state index in [0.29, 0.717) is 6.04 Å². The van der Waals surface area contributed by atoms with E-state index < -0.39 is 0 Å². The van der Waals surface area contributed by atoms with E-state index in [1.807, 2.05) is 30.3 Å². The number of likely N-dealkylation sites (tertiary alicyclic amines) is 1. The van der Waals surface area contributed by atoms with Crippen LogP contribution in [0.3, 0.4) is 0 Å². The van der Waals surface area contributed by atoms with Crippen molar-refractivity contribution in [2.24, 2.45) is 7.05 Å². The Morgan fingerprint density at radius 1 is 1.27 bits per heavy atom. The Morgan fingerprint density at radius 2 is 2.08 bits per heavy atom. The number of carbonyl (C=O) groups excluding carboxylic acids is 1. The first kappa shape index (κ1) is 16.8. The van der Waals surface area contributed by atoms with E-state index in [-0.39, 0.29) is 5.91 Å². The van der Waals surface area contributed by atoms with Gasteiger partial charge in [-0.25, -0.2) is 4.98 Å². The fourth-order valence-electron chi connectivity index (χ4n) is 3.80. The number of hydrogen-bond acceptors (Lipinski definition) is 3. The molecule has 5 heteroatoms. The van der Waals surface area contributed by atoms with Crippen molar-refractivity contribution in [1.82, 2.24) is 19.7 Å². The molecule has 0 aliphatic carbocycles. The lowest BCUT2D eigenvalue weighted by Gasteiger charge is -2.23. The summed E-state index contributed by atoms with van der Waals surface area (Å²) in [5.41, 5.74) is 5.68.